The molecule has 0 aromatic heterocycles. The van der Waals surface area contributed by atoms with Crippen LogP contribution in [0.5, 0.6) is 0 Å². The summed E-state index contributed by atoms with van der Waals surface area (Å²) in [5, 5.41) is 5.29. The van der Waals surface area contributed by atoms with Crippen molar-refractivity contribution in [3.63, 3.8) is 0 Å². The van der Waals surface area contributed by atoms with E-state index in [0.717, 1.165) is 6.42 Å². The Morgan fingerprint density at radius 2 is 1.74 bits per heavy atom. The Hall–Kier alpha value is -1.99. The van der Waals surface area contributed by atoms with Gasteiger partial charge in [0.05, 0.1) is 11.8 Å². The maximum atomic E-state index is 13.1. The molecule has 0 radical (unpaired) electrons. The van der Waals surface area contributed by atoms with Gasteiger partial charge in [-0.1, -0.05) is 12.2 Å². The first-order chi connectivity index (χ1) is 12.9. The van der Waals surface area contributed by atoms with Crippen LogP contribution in [0, 0.1) is 29.6 Å². The third-order valence-electron chi connectivity index (χ3n) is 6.53. The second-order valence-corrected chi connectivity index (χ2v) is 8.26. The summed E-state index contributed by atoms with van der Waals surface area (Å²) >= 11 is 0. The fourth-order valence-corrected chi connectivity index (χ4v) is 5.21. The van der Waals surface area contributed by atoms with Crippen LogP contribution in [-0.4, -0.2) is 48.3 Å². The Balaban J connectivity index is 1.16. The van der Waals surface area contributed by atoms with Crippen LogP contribution >= 0.6 is 0 Å². The van der Waals surface area contributed by atoms with E-state index in [1.807, 2.05) is 12.2 Å². The highest BCUT2D eigenvalue weighted by atomic mass is 19.3. The molecule has 0 spiro atoms. The van der Waals surface area contributed by atoms with Crippen molar-refractivity contribution in [2.45, 2.75) is 38.0 Å². The summed E-state index contributed by atoms with van der Waals surface area (Å²) in [7, 11) is 0. The Labute approximate surface area is 156 Å². The van der Waals surface area contributed by atoms with Gasteiger partial charge in [-0.05, 0) is 37.0 Å². The Morgan fingerprint density at radius 3 is 2.33 bits per heavy atom. The zero-order chi connectivity index (χ0) is 19.2. The molecule has 8 heteroatoms. The lowest BCUT2D eigenvalue weighted by molar-refractivity contribution is -0.140. The minimum atomic E-state index is -2.56. The van der Waals surface area contributed by atoms with Crippen LogP contribution in [0.4, 0.5) is 13.6 Å². The first kappa shape index (κ1) is 18.4. The van der Waals surface area contributed by atoms with Crippen molar-refractivity contribution in [3.05, 3.63) is 12.2 Å². The summed E-state index contributed by atoms with van der Waals surface area (Å²) in [6.45, 7) is 0.701. The summed E-state index contributed by atoms with van der Waals surface area (Å²) in [4.78, 5) is 38.1. The van der Waals surface area contributed by atoms with E-state index in [2.05, 4.69) is 10.6 Å². The number of halogens is 2. The number of urea groups is 1. The number of likely N-dealkylation sites (tertiary alicyclic amines) is 1. The van der Waals surface area contributed by atoms with E-state index in [9.17, 15) is 23.2 Å². The van der Waals surface area contributed by atoms with E-state index in [-0.39, 0.29) is 67.3 Å². The molecular formula is C19H25F2N3O3. The molecule has 148 valence electrons. The van der Waals surface area contributed by atoms with Crippen molar-refractivity contribution in [2.24, 2.45) is 29.6 Å². The Bertz CT molecular complexity index is 651. The van der Waals surface area contributed by atoms with E-state index in [0.29, 0.717) is 19.4 Å². The van der Waals surface area contributed by atoms with Crippen LogP contribution in [0.15, 0.2) is 12.2 Å². The van der Waals surface area contributed by atoms with E-state index in [1.165, 1.54) is 4.90 Å². The number of hydrogen-bond acceptors (Lipinski definition) is 3. The molecule has 1 saturated heterocycles. The molecule has 1 heterocycles. The van der Waals surface area contributed by atoms with E-state index < -0.39 is 12.0 Å². The number of carbonyl (C=O) groups is 3. The van der Waals surface area contributed by atoms with Gasteiger partial charge in [0.2, 0.25) is 17.7 Å². The van der Waals surface area contributed by atoms with Crippen molar-refractivity contribution < 1.29 is 23.2 Å². The van der Waals surface area contributed by atoms with Crippen LogP contribution in [0.1, 0.15) is 32.1 Å². The van der Waals surface area contributed by atoms with E-state index >= 15 is 0 Å². The number of allylic oxidation sites excluding steroid dienone is 2. The van der Waals surface area contributed by atoms with Gasteiger partial charge in [-0.3, -0.25) is 14.5 Å². The normalized spacial score (nSPS) is 35.8. The first-order valence-corrected chi connectivity index (χ1v) is 9.79. The molecule has 27 heavy (non-hydrogen) atoms. The van der Waals surface area contributed by atoms with Crippen LogP contribution in [0.25, 0.3) is 0 Å². The van der Waals surface area contributed by atoms with Crippen molar-refractivity contribution in [1.82, 2.24) is 15.5 Å². The quantitative estimate of drug-likeness (QED) is 0.545. The summed E-state index contributed by atoms with van der Waals surface area (Å²) in [5.74, 6) is -2.92. The number of alkyl halides is 2. The third-order valence-corrected chi connectivity index (χ3v) is 6.53. The van der Waals surface area contributed by atoms with Gasteiger partial charge < -0.3 is 10.6 Å². The minimum Gasteiger partial charge on any atom is -0.338 e. The molecule has 2 N–H and O–H groups in total. The fraction of sp³-hybridized carbons (Fsp3) is 0.737. The topological polar surface area (TPSA) is 78.5 Å². The molecule has 3 fully saturated rings. The molecule has 3 aliphatic carbocycles. The van der Waals surface area contributed by atoms with Gasteiger partial charge in [0.15, 0.2) is 0 Å². The standard InChI is InChI=1S/C19H25F2N3O3/c20-19(21)5-3-11(10-19)4-6-22-18(27)23-7-8-24-16(25)14-12-1-2-13(9-12)15(14)17(24)26/h1-2,11-15H,3-10H2,(H2,22,23,27). The second kappa shape index (κ2) is 6.87. The van der Waals surface area contributed by atoms with Gasteiger partial charge >= 0.3 is 6.03 Å². The van der Waals surface area contributed by atoms with Crippen LogP contribution < -0.4 is 10.6 Å². The lowest BCUT2D eigenvalue weighted by Gasteiger charge is -2.17. The van der Waals surface area contributed by atoms with Gasteiger partial charge in [0, 0.05) is 32.5 Å². The third kappa shape index (κ3) is 3.46. The van der Waals surface area contributed by atoms with E-state index in [1.54, 1.807) is 0 Å². The maximum Gasteiger partial charge on any atom is 0.314 e. The van der Waals surface area contributed by atoms with Crippen molar-refractivity contribution in [2.75, 3.05) is 19.6 Å². The predicted molar refractivity (Wildman–Crippen MR) is 92.7 cm³/mol. The largest absolute Gasteiger partial charge is 0.338 e. The molecule has 0 aromatic rings. The molecule has 4 aliphatic rings. The van der Waals surface area contributed by atoms with Gasteiger partial charge in [-0.15, -0.1) is 0 Å². The lowest BCUT2D eigenvalue weighted by atomic mass is 9.85. The monoisotopic (exact) mass is 381 g/mol. The molecule has 4 amide bonds. The van der Waals surface area contributed by atoms with Gasteiger partial charge in [-0.25, -0.2) is 13.6 Å². The highest BCUT2D eigenvalue weighted by Crippen LogP contribution is 2.52. The molecule has 0 aromatic carbocycles. The molecule has 6 nitrogen and oxygen atoms in total. The highest BCUT2D eigenvalue weighted by molar-refractivity contribution is 6.06. The van der Waals surface area contributed by atoms with Crippen LogP contribution in [0.2, 0.25) is 0 Å². The predicted octanol–water partition coefficient (Wildman–Crippen LogP) is 1.92. The van der Waals surface area contributed by atoms with Crippen LogP contribution in [0.3, 0.4) is 0 Å². The summed E-state index contributed by atoms with van der Waals surface area (Å²) < 4.78 is 26.3. The van der Waals surface area contributed by atoms with Crippen molar-refractivity contribution >= 4 is 17.8 Å². The molecular weight excluding hydrogens is 356 g/mol. The molecule has 4 rings (SSSR count). The summed E-state index contributed by atoms with van der Waals surface area (Å²) in [6.07, 6.45) is 5.85. The number of rotatable bonds is 6. The van der Waals surface area contributed by atoms with E-state index in [4.69, 9.17) is 0 Å². The number of hydrogen-bond donors (Lipinski definition) is 2. The zero-order valence-electron chi connectivity index (χ0n) is 15.1. The maximum absolute atomic E-state index is 13.1. The van der Waals surface area contributed by atoms with Gasteiger partial charge in [-0.2, -0.15) is 0 Å². The first-order valence-electron chi connectivity index (χ1n) is 9.79. The lowest BCUT2D eigenvalue weighted by Crippen LogP contribution is -2.43. The van der Waals surface area contributed by atoms with Crippen LogP contribution in [-0.2, 0) is 9.59 Å². The molecule has 2 saturated carbocycles. The smallest absolute Gasteiger partial charge is 0.314 e. The molecule has 5 unspecified atom stereocenters. The average molecular weight is 381 g/mol. The Kier molecular flexibility index (Phi) is 4.68. The number of nitrogens with one attached hydrogen (secondary N) is 2. The number of fused-ring (bicyclic) bond motifs is 5. The molecule has 2 bridgehead atoms. The Morgan fingerprint density at radius 1 is 1.11 bits per heavy atom. The second-order valence-electron chi connectivity index (χ2n) is 8.26. The summed E-state index contributed by atoms with van der Waals surface area (Å²) in [6, 6.07) is -0.402. The molecule has 1 aliphatic heterocycles. The number of carbonyl (C=O) groups excluding carboxylic acids is 3. The number of amides is 4. The van der Waals surface area contributed by atoms with Gasteiger partial charge in [0.1, 0.15) is 0 Å². The van der Waals surface area contributed by atoms with Gasteiger partial charge in [0.25, 0.3) is 0 Å². The zero-order valence-corrected chi connectivity index (χ0v) is 15.1. The SMILES string of the molecule is O=C(NCCC1CCC(F)(F)C1)NCCN1C(=O)C2C3C=CC(C3)C2C1=O. The molecule has 5 atom stereocenters. The number of nitrogens with zero attached hydrogens (tertiary/aromatic N) is 1. The fourth-order valence-electron chi connectivity index (χ4n) is 5.21. The van der Waals surface area contributed by atoms with Crippen molar-refractivity contribution in [1.29, 1.82) is 0 Å². The summed E-state index contributed by atoms with van der Waals surface area (Å²) in [5.41, 5.74) is 0. The van der Waals surface area contributed by atoms with Crippen molar-refractivity contribution in [3.8, 4) is 0 Å². The highest BCUT2D eigenvalue weighted by Gasteiger charge is 2.58. The number of imide groups is 1. The average Bonchev–Trinajstić information content (AvgIpc) is 3.35. The minimum absolute atomic E-state index is 0.0523.